The highest BCUT2D eigenvalue weighted by Crippen LogP contribution is 2.39. The van der Waals surface area contributed by atoms with Crippen molar-refractivity contribution in [3.8, 4) is 0 Å². The largest absolute Gasteiger partial charge is 0.310 e. The summed E-state index contributed by atoms with van der Waals surface area (Å²) in [5.41, 5.74) is 0. The van der Waals surface area contributed by atoms with E-state index in [1.165, 1.54) is 32.1 Å². The summed E-state index contributed by atoms with van der Waals surface area (Å²) in [5, 5.41) is 10.4. The van der Waals surface area contributed by atoms with E-state index in [0.29, 0.717) is 12.0 Å². The first-order valence-corrected chi connectivity index (χ1v) is 6.39. The quantitative estimate of drug-likeness (QED) is 0.821. The summed E-state index contributed by atoms with van der Waals surface area (Å²) >= 11 is 0. The van der Waals surface area contributed by atoms with Crippen LogP contribution in [0.2, 0.25) is 0 Å². The predicted octanol–water partition coefficient (Wildman–Crippen LogP) is 2.28. The summed E-state index contributed by atoms with van der Waals surface area (Å²) in [7, 11) is 2.02. The average Bonchev–Trinajstić information content (AvgIpc) is 2.84. The third-order valence-electron chi connectivity index (χ3n) is 3.96. The summed E-state index contributed by atoms with van der Waals surface area (Å²) < 4.78 is 0. The zero-order valence-electron chi connectivity index (χ0n) is 10.2. The summed E-state index contributed by atoms with van der Waals surface area (Å²) in [6.07, 6.45) is 8.30. The molecule has 4 heteroatoms. The molecule has 0 spiro atoms. The fraction of sp³-hybridized carbons (Fsp3) is 0.833. The van der Waals surface area contributed by atoms with Crippen molar-refractivity contribution in [1.82, 2.24) is 20.5 Å². The molecule has 4 nitrogen and oxygen atoms in total. The molecule has 3 atom stereocenters. The van der Waals surface area contributed by atoms with Crippen molar-refractivity contribution in [2.75, 3.05) is 7.05 Å². The van der Waals surface area contributed by atoms with Crippen LogP contribution in [0.4, 0.5) is 0 Å². The molecule has 0 aromatic carbocycles. The monoisotopic (exact) mass is 222 g/mol. The number of aromatic nitrogens is 3. The van der Waals surface area contributed by atoms with Crippen LogP contribution in [0.25, 0.3) is 0 Å². The number of H-pyrrole nitrogens is 1. The average molecular weight is 222 g/mol. The van der Waals surface area contributed by atoms with Crippen LogP contribution in [0.15, 0.2) is 6.33 Å². The van der Waals surface area contributed by atoms with E-state index in [1.54, 1.807) is 6.33 Å². The second kappa shape index (κ2) is 5.43. The Kier molecular flexibility index (Phi) is 3.93. The Morgan fingerprint density at radius 1 is 1.50 bits per heavy atom. The molecule has 1 aromatic rings. The van der Waals surface area contributed by atoms with Gasteiger partial charge in [-0.05, 0) is 25.3 Å². The molecule has 2 rings (SSSR count). The zero-order valence-corrected chi connectivity index (χ0v) is 10.2. The lowest BCUT2D eigenvalue weighted by atomic mass is 9.74. The van der Waals surface area contributed by atoms with Gasteiger partial charge < -0.3 is 5.32 Å². The van der Waals surface area contributed by atoms with Crippen LogP contribution in [-0.2, 0) is 0 Å². The lowest BCUT2D eigenvalue weighted by molar-refractivity contribution is 0.176. The van der Waals surface area contributed by atoms with Crippen LogP contribution >= 0.6 is 0 Å². The minimum absolute atomic E-state index is 0.341. The van der Waals surface area contributed by atoms with Gasteiger partial charge in [0.05, 0.1) is 6.04 Å². The van der Waals surface area contributed by atoms with Crippen molar-refractivity contribution in [2.45, 2.75) is 45.1 Å². The highest BCUT2D eigenvalue weighted by Gasteiger charge is 2.32. The Bertz CT molecular complexity index is 296. The fourth-order valence-corrected chi connectivity index (χ4v) is 3.10. The lowest BCUT2D eigenvalue weighted by Gasteiger charge is -2.35. The van der Waals surface area contributed by atoms with Gasteiger partial charge in [0, 0.05) is 0 Å². The molecule has 3 unspecified atom stereocenters. The van der Waals surface area contributed by atoms with Crippen LogP contribution in [0.5, 0.6) is 0 Å². The Morgan fingerprint density at radius 2 is 2.31 bits per heavy atom. The van der Waals surface area contributed by atoms with Gasteiger partial charge in [-0.3, -0.25) is 5.10 Å². The van der Waals surface area contributed by atoms with Crippen LogP contribution in [0, 0.1) is 11.8 Å². The second-order valence-electron chi connectivity index (χ2n) is 4.75. The van der Waals surface area contributed by atoms with E-state index in [0.717, 1.165) is 11.7 Å². The Labute approximate surface area is 97.2 Å². The molecule has 1 aromatic heterocycles. The molecule has 1 heterocycles. The normalized spacial score (nSPS) is 27.9. The smallest absolute Gasteiger partial charge is 0.141 e. The van der Waals surface area contributed by atoms with E-state index in [9.17, 15) is 0 Å². The summed E-state index contributed by atoms with van der Waals surface area (Å²) in [5.74, 6) is 2.53. The molecule has 90 valence electrons. The molecule has 0 radical (unpaired) electrons. The summed E-state index contributed by atoms with van der Waals surface area (Å²) in [4.78, 5) is 4.30. The van der Waals surface area contributed by atoms with Crippen LogP contribution in [-0.4, -0.2) is 22.2 Å². The predicted molar refractivity (Wildman–Crippen MR) is 63.9 cm³/mol. The van der Waals surface area contributed by atoms with Crippen LogP contribution in [0.1, 0.15) is 50.9 Å². The van der Waals surface area contributed by atoms with E-state index in [-0.39, 0.29) is 0 Å². The van der Waals surface area contributed by atoms with Crippen molar-refractivity contribution in [2.24, 2.45) is 11.8 Å². The standard InChI is InChI=1S/C12H22N4/c1-3-9-6-4-5-7-10(9)11(13-2)12-14-8-15-16-12/h8-11,13H,3-7H2,1-2H3,(H,14,15,16). The van der Waals surface area contributed by atoms with Crippen molar-refractivity contribution < 1.29 is 0 Å². The van der Waals surface area contributed by atoms with Gasteiger partial charge >= 0.3 is 0 Å². The Balaban J connectivity index is 2.13. The number of rotatable bonds is 4. The number of aromatic amines is 1. The third-order valence-corrected chi connectivity index (χ3v) is 3.96. The highest BCUT2D eigenvalue weighted by atomic mass is 15.2. The zero-order chi connectivity index (χ0) is 11.4. The van der Waals surface area contributed by atoms with Gasteiger partial charge in [0.2, 0.25) is 0 Å². The molecule has 1 aliphatic rings. The van der Waals surface area contributed by atoms with E-state index in [4.69, 9.17) is 0 Å². The summed E-state index contributed by atoms with van der Waals surface area (Å²) in [6.45, 7) is 2.30. The molecule has 0 aliphatic heterocycles. The van der Waals surface area contributed by atoms with E-state index in [1.807, 2.05) is 7.05 Å². The van der Waals surface area contributed by atoms with E-state index in [2.05, 4.69) is 27.4 Å². The van der Waals surface area contributed by atoms with Gasteiger partial charge in [0.1, 0.15) is 12.2 Å². The maximum atomic E-state index is 4.30. The van der Waals surface area contributed by atoms with Crippen LogP contribution < -0.4 is 5.32 Å². The third kappa shape index (κ3) is 2.26. The van der Waals surface area contributed by atoms with Gasteiger partial charge in [0.15, 0.2) is 0 Å². The topological polar surface area (TPSA) is 53.6 Å². The van der Waals surface area contributed by atoms with Crippen molar-refractivity contribution >= 4 is 0 Å². The number of hydrogen-bond acceptors (Lipinski definition) is 3. The molecule has 2 N–H and O–H groups in total. The van der Waals surface area contributed by atoms with Gasteiger partial charge in [-0.1, -0.05) is 32.6 Å². The fourth-order valence-electron chi connectivity index (χ4n) is 3.10. The molecule has 1 aliphatic carbocycles. The molecule has 0 amide bonds. The molecular weight excluding hydrogens is 200 g/mol. The molecule has 16 heavy (non-hydrogen) atoms. The number of nitrogens with zero attached hydrogens (tertiary/aromatic N) is 2. The number of nitrogens with one attached hydrogen (secondary N) is 2. The SMILES string of the molecule is CCC1CCCCC1C(NC)c1ncn[nH]1. The van der Waals surface area contributed by atoms with Gasteiger partial charge in [-0.2, -0.15) is 5.10 Å². The van der Waals surface area contributed by atoms with Crippen LogP contribution in [0.3, 0.4) is 0 Å². The van der Waals surface area contributed by atoms with Crippen molar-refractivity contribution in [3.63, 3.8) is 0 Å². The van der Waals surface area contributed by atoms with Crippen molar-refractivity contribution in [1.29, 1.82) is 0 Å². The molecular formula is C12H22N4. The first-order chi connectivity index (χ1) is 7.86. The van der Waals surface area contributed by atoms with E-state index < -0.39 is 0 Å². The lowest BCUT2D eigenvalue weighted by Crippen LogP contribution is -2.33. The van der Waals surface area contributed by atoms with Crippen molar-refractivity contribution in [3.05, 3.63) is 12.2 Å². The first kappa shape index (κ1) is 11.6. The maximum Gasteiger partial charge on any atom is 0.141 e. The molecule has 0 bridgehead atoms. The highest BCUT2D eigenvalue weighted by molar-refractivity contribution is 4.97. The minimum atomic E-state index is 0.341. The molecule has 1 fully saturated rings. The summed E-state index contributed by atoms with van der Waals surface area (Å²) in [6, 6.07) is 0.341. The molecule has 1 saturated carbocycles. The van der Waals surface area contributed by atoms with E-state index >= 15 is 0 Å². The number of hydrogen-bond donors (Lipinski definition) is 2. The minimum Gasteiger partial charge on any atom is -0.310 e. The Morgan fingerprint density at radius 3 is 2.94 bits per heavy atom. The van der Waals surface area contributed by atoms with Gasteiger partial charge in [-0.15, -0.1) is 0 Å². The second-order valence-corrected chi connectivity index (χ2v) is 4.75. The molecule has 0 saturated heterocycles. The first-order valence-electron chi connectivity index (χ1n) is 6.39. The van der Waals surface area contributed by atoms with Gasteiger partial charge in [-0.25, -0.2) is 4.98 Å². The van der Waals surface area contributed by atoms with Gasteiger partial charge in [0.25, 0.3) is 0 Å². The Hall–Kier alpha value is -0.900. The maximum absolute atomic E-state index is 4.30.